The predicted molar refractivity (Wildman–Crippen MR) is 90.8 cm³/mol. The zero-order valence-electron chi connectivity index (χ0n) is 14.2. The Kier molecular flexibility index (Phi) is 6.06. The highest BCUT2D eigenvalue weighted by Gasteiger charge is 2.16. The number of nitrogens with one attached hydrogen (secondary N) is 1. The number of hydrogen-bond donors (Lipinski definition) is 1. The largest absolute Gasteiger partial charge is 0.454 e. The lowest BCUT2D eigenvalue weighted by Crippen LogP contribution is -2.41. The molecule has 0 aromatic heterocycles. The van der Waals surface area contributed by atoms with Crippen LogP contribution in [0.5, 0.6) is 11.5 Å². The summed E-state index contributed by atoms with van der Waals surface area (Å²) >= 11 is 0. The van der Waals surface area contributed by atoms with E-state index in [0.717, 1.165) is 29.7 Å². The van der Waals surface area contributed by atoms with Crippen LogP contribution >= 0.6 is 0 Å². The van der Waals surface area contributed by atoms with Crippen LogP contribution in [0.4, 0.5) is 0 Å². The fourth-order valence-electron chi connectivity index (χ4n) is 2.30. The van der Waals surface area contributed by atoms with Crippen LogP contribution in [0, 0.1) is 0 Å². The highest BCUT2D eigenvalue weighted by Crippen LogP contribution is 2.32. The van der Waals surface area contributed by atoms with Crippen LogP contribution in [0.1, 0.15) is 18.9 Å². The molecule has 7 nitrogen and oxygen atoms in total. The molecule has 134 valence electrons. The van der Waals surface area contributed by atoms with Crippen LogP contribution in [0.25, 0.3) is 0 Å². The van der Waals surface area contributed by atoms with Gasteiger partial charge >= 0.3 is 0 Å². The topological polar surface area (TPSA) is 84.9 Å². The van der Waals surface area contributed by atoms with Gasteiger partial charge in [-0.05, 0) is 38.1 Å². The van der Waals surface area contributed by atoms with Gasteiger partial charge in [0.2, 0.25) is 12.7 Å². The summed E-state index contributed by atoms with van der Waals surface area (Å²) in [5.74, 6) is 1.13. The minimum Gasteiger partial charge on any atom is -0.454 e. The van der Waals surface area contributed by atoms with Gasteiger partial charge < -0.3 is 14.8 Å². The van der Waals surface area contributed by atoms with E-state index in [4.69, 9.17) is 9.47 Å². The summed E-state index contributed by atoms with van der Waals surface area (Å²) in [6, 6.07) is 6.07. The molecular formula is C16H24N2O5S. The quantitative estimate of drug-likeness (QED) is 0.693. The fourth-order valence-corrected chi connectivity index (χ4v) is 2.86. The molecule has 0 fully saturated rings. The maximum absolute atomic E-state index is 11.7. The molecule has 1 heterocycles. The first-order valence-electron chi connectivity index (χ1n) is 7.78. The summed E-state index contributed by atoms with van der Waals surface area (Å²) in [5, 5.41) is 2.74. The Hall–Kier alpha value is -1.80. The molecule has 1 aromatic carbocycles. The van der Waals surface area contributed by atoms with Crippen molar-refractivity contribution < 1.29 is 22.7 Å². The molecule has 1 aliphatic rings. The molecular weight excluding hydrogens is 332 g/mol. The summed E-state index contributed by atoms with van der Waals surface area (Å²) in [7, 11) is -1.21. The van der Waals surface area contributed by atoms with Gasteiger partial charge in [-0.15, -0.1) is 0 Å². The monoisotopic (exact) mass is 356 g/mol. The van der Waals surface area contributed by atoms with Gasteiger partial charge in [-0.2, -0.15) is 0 Å². The zero-order valence-corrected chi connectivity index (χ0v) is 15.1. The van der Waals surface area contributed by atoms with Gasteiger partial charge in [0.1, 0.15) is 9.84 Å². The second kappa shape index (κ2) is 7.85. The van der Waals surface area contributed by atoms with Crippen molar-refractivity contribution in [2.24, 2.45) is 0 Å². The van der Waals surface area contributed by atoms with Crippen molar-refractivity contribution in [2.75, 3.05) is 32.5 Å². The Labute approximate surface area is 142 Å². The number of benzene rings is 1. The van der Waals surface area contributed by atoms with Gasteiger partial charge in [0.15, 0.2) is 11.5 Å². The third-order valence-corrected chi connectivity index (χ3v) is 4.89. The maximum atomic E-state index is 11.7. The van der Waals surface area contributed by atoms with E-state index >= 15 is 0 Å². The van der Waals surface area contributed by atoms with Gasteiger partial charge in [-0.25, -0.2) is 8.42 Å². The van der Waals surface area contributed by atoms with E-state index in [1.165, 1.54) is 0 Å². The predicted octanol–water partition coefficient (Wildman–Crippen LogP) is 0.786. The van der Waals surface area contributed by atoms with E-state index in [-0.39, 0.29) is 30.9 Å². The molecule has 1 unspecified atom stereocenters. The molecule has 0 aliphatic carbocycles. The molecule has 1 aliphatic heterocycles. The molecule has 8 heteroatoms. The van der Waals surface area contributed by atoms with Crippen LogP contribution in [0.15, 0.2) is 18.2 Å². The van der Waals surface area contributed by atoms with Crippen LogP contribution in [0.3, 0.4) is 0 Å². The molecule has 0 saturated carbocycles. The second-order valence-corrected chi connectivity index (χ2v) is 8.40. The lowest BCUT2D eigenvalue weighted by atomic mass is 10.1. The summed E-state index contributed by atoms with van der Waals surface area (Å²) in [6.45, 7) is 2.69. The Balaban J connectivity index is 1.77. The normalized spacial score (nSPS) is 14.7. The lowest BCUT2D eigenvalue weighted by Gasteiger charge is -2.25. The Morgan fingerprint density at radius 2 is 2.04 bits per heavy atom. The summed E-state index contributed by atoms with van der Waals surface area (Å²) in [6.07, 6.45) is 1.91. The zero-order chi connectivity index (χ0) is 17.7. The minimum absolute atomic E-state index is 0.0107. The molecule has 0 saturated heterocycles. The van der Waals surface area contributed by atoms with Gasteiger partial charge in [0, 0.05) is 18.7 Å². The summed E-state index contributed by atoms with van der Waals surface area (Å²) < 4.78 is 32.8. The van der Waals surface area contributed by atoms with Crippen molar-refractivity contribution in [1.29, 1.82) is 0 Å². The maximum Gasteiger partial charge on any atom is 0.231 e. The molecule has 0 bridgehead atoms. The number of carbonyl (C=O) groups is 1. The highest BCUT2D eigenvalue weighted by atomic mass is 32.2. The summed E-state index contributed by atoms with van der Waals surface area (Å²) in [5.41, 5.74) is 1.13. The number of rotatable bonds is 8. The highest BCUT2D eigenvalue weighted by molar-refractivity contribution is 7.90. The van der Waals surface area contributed by atoms with Gasteiger partial charge in [0.25, 0.3) is 0 Å². The standard InChI is InChI=1S/C16H24N2O5S/c1-12(8-13-4-5-14-15(9-13)23-11-22-14)18(2)10-17-16(19)6-7-24(3,20)21/h4-5,9,12H,6-8,10-11H2,1-3H3,(H,17,19). The summed E-state index contributed by atoms with van der Waals surface area (Å²) in [4.78, 5) is 13.7. The molecule has 1 N–H and O–H groups in total. The van der Waals surface area contributed by atoms with Gasteiger partial charge in [0.05, 0.1) is 12.4 Å². The lowest BCUT2D eigenvalue weighted by molar-refractivity contribution is -0.121. The van der Waals surface area contributed by atoms with E-state index in [1.54, 1.807) is 0 Å². The molecule has 0 spiro atoms. The molecule has 1 aromatic rings. The van der Waals surface area contributed by atoms with Crippen molar-refractivity contribution in [3.05, 3.63) is 23.8 Å². The van der Waals surface area contributed by atoms with Crippen LogP contribution in [-0.2, 0) is 21.1 Å². The average Bonchev–Trinajstić information content (AvgIpc) is 2.97. The van der Waals surface area contributed by atoms with Crippen molar-refractivity contribution in [3.8, 4) is 11.5 Å². The van der Waals surface area contributed by atoms with Crippen LogP contribution < -0.4 is 14.8 Å². The number of nitrogens with zero attached hydrogens (tertiary/aromatic N) is 1. The van der Waals surface area contributed by atoms with E-state index in [2.05, 4.69) is 12.2 Å². The number of amides is 1. The first-order chi connectivity index (χ1) is 11.2. The first kappa shape index (κ1) is 18.5. The second-order valence-electron chi connectivity index (χ2n) is 6.14. The molecule has 2 rings (SSSR count). The SMILES string of the molecule is CC(Cc1ccc2c(c1)OCO2)N(C)CNC(=O)CCS(C)(=O)=O. The van der Waals surface area contributed by atoms with E-state index in [0.29, 0.717) is 6.67 Å². The van der Waals surface area contributed by atoms with Crippen LogP contribution in [-0.4, -0.2) is 57.8 Å². The number of likely N-dealkylation sites (N-methyl/N-ethyl adjacent to an activating group) is 1. The number of carbonyl (C=O) groups excluding carboxylic acids is 1. The Morgan fingerprint density at radius 1 is 1.33 bits per heavy atom. The van der Waals surface area contributed by atoms with E-state index < -0.39 is 9.84 Å². The van der Waals surface area contributed by atoms with Gasteiger partial charge in [-0.1, -0.05) is 6.07 Å². The molecule has 0 radical (unpaired) electrons. The van der Waals surface area contributed by atoms with Gasteiger partial charge in [-0.3, -0.25) is 9.69 Å². The number of sulfone groups is 1. The van der Waals surface area contributed by atoms with Crippen molar-refractivity contribution >= 4 is 15.7 Å². The van der Waals surface area contributed by atoms with Crippen molar-refractivity contribution in [3.63, 3.8) is 0 Å². The average molecular weight is 356 g/mol. The fraction of sp³-hybridized carbons (Fsp3) is 0.562. The minimum atomic E-state index is -3.12. The van der Waals surface area contributed by atoms with E-state index in [9.17, 15) is 13.2 Å². The van der Waals surface area contributed by atoms with Crippen molar-refractivity contribution in [1.82, 2.24) is 10.2 Å². The molecule has 24 heavy (non-hydrogen) atoms. The number of fused-ring (bicyclic) bond motifs is 1. The number of hydrogen-bond acceptors (Lipinski definition) is 6. The Bertz CT molecular complexity index is 690. The molecule has 1 atom stereocenters. The Morgan fingerprint density at radius 3 is 2.75 bits per heavy atom. The molecule has 1 amide bonds. The van der Waals surface area contributed by atoms with Crippen LogP contribution in [0.2, 0.25) is 0 Å². The van der Waals surface area contributed by atoms with E-state index in [1.807, 2.05) is 30.1 Å². The van der Waals surface area contributed by atoms with Crippen molar-refractivity contribution in [2.45, 2.75) is 25.8 Å². The third-order valence-electron chi connectivity index (χ3n) is 3.95. The third kappa shape index (κ3) is 5.68. The smallest absolute Gasteiger partial charge is 0.231 e. The number of ether oxygens (including phenoxy) is 2. The first-order valence-corrected chi connectivity index (χ1v) is 9.84.